The molecule has 1 fully saturated rings. The summed E-state index contributed by atoms with van der Waals surface area (Å²) in [4.78, 5) is 19.8. The molecule has 2 aromatic carbocycles. The summed E-state index contributed by atoms with van der Waals surface area (Å²) in [5.74, 6) is 0.0367. The first-order chi connectivity index (χ1) is 15.0. The molecule has 1 aliphatic heterocycles. The number of halogens is 1. The maximum absolute atomic E-state index is 12.9. The lowest BCUT2D eigenvalue weighted by Crippen LogP contribution is -2.55. The van der Waals surface area contributed by atoms with E-state index in [4.69, 9.17) is 17.3 Å². The molecule has 0 aliphatic carbocycles. The molecular weight excluding hydrogens is 408 g/mol. The minimum atomic E-state index is -0.520. The summed E-state index contributed by atoms with van der Waals surface area (Å²) in [6.07, 6.45) is 0.533. The summed E-state index contributed by atoms with van der Waals surface area (Å²) < 4.78 is 0. The van der Waals surface area contributed by atoms with Crippen LogP contribution in [0.3, 0.4) is 0 Å². The van der Waals surface area contributed by atoms with Crippen molar-refractivity contribution in [3.8, 4) is 0 Å². The Bertz CT molecular complexity index is 802. The number of rotatable bonds is 9. The summed E-state index contributed by atoms with van der Waals surface area (Å²) in [6.45, 7) is 10.7. The maximum Gasteiger partial charge on any atom is 0.239 e. The minimum absolute atomic E-state index is 0.0367. The molecule has 1 unspecified atom stereocenters. The number of hydrogen-bond donors (Lipinski definition) is 1. The topological polar surface area (TPSA) is 52.8 Å². The molecule has 0 aromatic heterocycles. The van der Waals surface area contributed by atoms with Gasteiger partial charge in [0.15, 0.2) is 0 Å². The first kappa shape index (κ1) is 23.7. The zero-order valence-electron chi connectivity index (χ0n) is 18.7. The number of carbonyl (C=O) groups excluding carboxylic acids is 1. The van der Waals surface area contributed by atoms with Gasteiger partial charge < -0.3 is 15.5 Å². The highest BCUT2D eigenvalue weighted by molar-refractivity contribution is 6.30. The van der Waals surface area contributed by atoms with E-state index in [2.05, 4.69) is 54.0 Å². The van der Waals surface area contributed by atoms with Crippen LogP contribution in [-0.4, -0.2) is 72.5 Å². The first-order valence-corrected chi connectivity index (χ1v) is 11.7. The zero-order chi connectivity index (χ0) is 22.2. The van der Waals surface area contributed by atoms with E-state index in [1.807, 2.05) is 29.2 Å². The minimum Gasteiger partial charge on any atom is -0.339 e. The van der Waals surface area contributed by atoms with E-state index >= 15 is 0 Å². The molecule has 2 N–H and O–H groups in total. The maximum atomic E-state index is 12.9. The average molecular weight is 443 g/mol. The van der Waals surface area contributed by atoms with Gasteiger partial charge in [-0.25, -0.2) is 0 Å². The van der Waals surface area contributed by atoms with Crippen molar-refractivity contribution in [3.63, 3.8) is 0 Å². The van der Waals surface area contributed by atoms with Crippen molar-refractivity contribution >= 4 is 17.5 Å². The van der Waals surface area contributed by atoms with Crippen molar-refractivity contribution in [1.82, 2.24) is 14.7 Å². The van der Waals surface area contributed by atoms with Crippen molar-refractivity contribution in [1.29, 1.82) is 0 Å². The van der Waals surface area contributed by atoms with Gasteiger partial charge in [0.2, 0.25) is 5.91 Å². The van der Waals surface area contributed by atoms with Gasteiger partial charge in [0, 0.05) is 43.8 Å². The molecule has 0 spiro atoms. The van der Waals surface area contributed by atoms with E-state index in [1.54, 1.807) is 0 Å². The summed E-state index contributed by atoms with van der Waals surface area (Å²) in [6, 6.07) is 18.1. The van der Waals surface area contributed by atoms with Gasteiger partial charge in [0.25, 0.3) is 0 Å². The van der Waals surface area contributed by atoms with Crippen LogP contribution in [0.15, 0.2) is 54.6 Å². The van der Waals surface area contributed by atoms with E-state index in [-0.39, 0.29) is 5.91 Å². The predicted octanol–water partition coefficient (Wildman–Crippen LogP) is 3.44. The third kappa shape index (κ3) is 6.53. The molecule has 168 valence electrons. The number of benzene rings is 2. The zero-order valence-corrected chi connectivity index (χ0v) is 19.5. The third-order valence-corrected chi connectivity index (χ3v) is 6.51. The van der Waals surface area contributed by atoms with Crippen LogP contribution in [-0.2, 0) is 11.2 Å². The molecule has 2 aromatic rings. The summed E-state index contributed by atoms with van der Waals surface area (Å²) in [5, 5.41) is 0.692. The van der Waals surface area contributed by atoms with Gasteiger partial charge in [-0.1, -0.05) is 67.9 Å². The molecule has 2 atom stereocenters. The Morgan fingerprint density at radius 2 is 1.61 bits per heavy atom. The highest BCUT2D eigenvalue weighted by Gasteiger charge is 2.29. The molecule has 0 radical (unpaired) electrons. The number of likely N-dealkylation sites (N-methyl/N-ethyl adjacent to an activating group) is 1. The Labute approximate surface area is 191 Å². The Hall–Kier alpha value is -1.92. The lowest BCUT2D eigenvalue weighted by molar-refractivity contribution is -0.134. The largest absolute Gasteiger partial charge is 0.339 e. The third-order valence-electron chi connectivity index (χ3n) is 6.26. The molecule has 1 aliphatic rings. The summed E-state index contributed by atoms with van der Waals surface area (Å²) >= 11 is 5.95. The molecule has 0 bridgehead atoms. The van der Waals surface area contributed by atoms with Crippen molar-refractivity contribution < 1.29 is 4.79 Å². The van der Waals surface area contributed by atoms with Crippen LogP contribution in [0.4, 0.5) is 0 Å². The van der Waals surface area contributed by atoms with Crippen molar-refractivity contribution in [3.05, 3.63) is 70.7 Å². The normalized spacial score (nSPS) is 17.0. The molecule has 3 rings (SSSR count). The monoisotopic (exact) mass is 442 g/mol. The van der Waals surface area contributed by atoms with E-state index in [0.717, 1.165) is 38.3 Å². The lowest BCUT2D eigenvalue weighted by Gasteiger charge is -2.41. The number of hydrogen-bond acceptors (Lipinski definition) is 4. The Balaban J connectivity index is 1.60. The molecule has 31 heavy (non-hydrogen) atoms. The molecule has 0 saturated carbocycles. The fraction of sp³-hybridized carbons (Fsp3) is 0.480. The quantitative estimate of drug-likeness (QED) is 0.646. The van der Waals surface area contributed by atoms with Crippen molar-refractivity contribution in [2.75, 3.05) is 45.8 Å². The van der Waals surface area contributed by atoms with Crippen LogP contribution in [0.5, 0.6) is 0 Å². The van der Waals surface area contributed by atoms with Crippen molar-refractivity contribution in [2.45, 2.75) is 32.4 Å². The summed E-state index contributed by atoms with van der Waals surface area (Å²) in [7, 11) is 0. The van der Waals surface area contributed by atoms with Gasteiger partial charge in [-0.05, 0) is 42.8 Å². The van der Waals surface area contributed by atoms with E-state index in [0.29, 0.717) is 30.6 Å². The van der Waals surface area contributed by atoms with Gasteiger partial charge in [-0.15, -0.1) is 0 Å². The second kappa shape index (κ2) is 11.6. The molecule has 1 heterocycles. The average Bonchev–Trinajstić information content (AvgIpc) is 2.81. The van der Waals surface area contributed by atoms with Crippen LogP contribution in [0.2, 0.25) is 5.02 Å². The Morgan fingerprint density at radius 3 is 2.19 bits per heavy atom. The Kier molecular flexibility index (Phi) is 8.90. The second-order valence-electron chi connectivity index (χ2n) is 8.21. The van der Waals surface area contributed by atoms with Crippen LogP contribution in [0.25, 0.3) is 0 Å². The SMILES string of the molecule is CCN(CC)CC(c1ccccc1)N1CCN(C(=O)[C@H](N)Cc2ccc(Cl)cc2)CC1. The summed E-state index contributed by atoms with van der Waals surface area (Å²) in [5.41, 5.74) is 8.64. The number of piperazine rings is 1. The lowest BCUT2D eigenvalue weighted by atomic mass is 10.0. The Morgan fingerprint density at radius 1 is 1.00 bits per heavy atom. The number of amides is 1. The smallest absolute Gasteiger partial charge is 0.239 e. The van der Waals surface area contributed by atoms with Gasteiger partial charge in [0.05, 0.1) is 6.04 Å². The van der Waals surface area contributed by atoms with Gasteiger partial charge in [0.1, 0.15) is 0 Å². The fourth-order valence-electron chi connectivity index (χ4n) is 4.28. The number of carbonyl (C=O) groups is 1. The molecule has 1 saturated heterocycles. The van der Waals surface area contributed by atoms with Gasteiger partial charge in [-0.3, -0.25) is 9.69 Å². The van der Waals surface area contributed by atoms with Crippen LogP contribution >= 0.6 is 11.6 Å². The predicted molar refractivity (Wildman–Crippen MR) is 128 cm³/mol. The molecule has 5 nitrogen and oxygen atoms in total. The van der Waals surface area contributed by atoms with Crippen molar-refractivity contribution in [2.24, 2.45) is 5.73 Å². The van der Waals surface area contributed by atoms with E-state index in [9.17, 15) is 4.79 Å². The van der Waals surface area contributed by atoms with E-state index < -0.39 is 6.04 Å². The highest BCUT2D eigenvalue weighted by Crippen LogP contribution is 2.24. The highest BCUT2D eigenvalue weighted by atomic mass is 35.5. The van der Waals surface area contributed by atoms with Gasteiger partial charge >= 0.3 is 0 Å². The second-order valence-corrected chi connectivity index (χ2v) is 8.65. The fourth-order valence-corrected chi connectivity index (χ4v) is 4.41. The van der Waals surface area contributed by atoms with Crippen LogP contribution in [0.1, 0.15) is 31.0 Å². The van der Waals surface area contributed by atoms with Gasteiger partial charge in [-0.2, -0.15) is 0 Å². The molecule has 6 heteroatoms. The first-order valence-electron chi connectivity index (χ1n) is 11.3. The number of nitrogens with zero attached hydrogens (tertiary/aromatic N) is 3. The standard InChI is InChI=1S/C25H35ClN4O/c1-3-28(4-2)19-24(21-8-6-5-7-9-21)29-14-16-30(17-15-29)25(31)23(27)18-20-10-12-22(26)13-11-20/h5-13,23-24H,3-4,14-19,27H2,1-2H3/t23-,24?/m1/s1. The van der Waals surface area contributed by atoms with E-state index in [1.165, 1.54) is 5.56 Å². The molecule has 1 amide bonds. The molecular formula is C25H35ClN4O. The number of nitrogens with two attached hydrogens (primary N) is 1. The van der Waals surface area contributed by atoms with Crippen LogP contribution in [0, 0.1) is 0 Å². The van der Waals surface area contributed by atoms with Crippen LogP contribution < -0.4 is 5.73 Å².